The summed E-state index contributed by atoms with van der Waals surface area (Å²) < 4.78 is 2.24. The zero-order valence-electron chi connectivity index (χ0n) is 20.3. The molecule has 2 heterocycles. The number of aryl methyl sites for hydroxylation is 1. The minimum atomic E-state index is -0.0806. The number of carbonyl (C=O) groups excluding carboxylic acids is 1. The Morgan fingerprint density at radius 1 is 0.973 bits per heavy atom. The van der Waals surface area contributed by atoms with Crippen LogP contribution in [0.3, 0.4) is 0 Å². The van der Waals surface area contributed by atoms with Gasteiger partial charge < -0.3 is 9.88 Å². The molecule has 3 aromatic carbocycles. The van der Waals surface area contributed by atoms with E-state index >= 15 is 0 Å². The van der Waals surface area contributed by atoms with Crippen LogP contribution >= 0.6 is 22.9 Å². The standard InChI is InChI=1S/C31H26ClN3OS/c32-23-16-14-21(15-17-23)19-35-20-22(25-10-4-6-12-27(25)35)18-33-31-29(26-11-5-7-13-28(26)37-31)30(36)34-24-8-2-1-3-9-24/h1-4,6,8-10,12,14-18,20H,5,7,11,13,19H2,(H,34,36). The molecule has 0 fully saturated rings. The Hall–Kier alpha value is -3.67. The molecule has 6 heteroatoms. The van der Waals surface area contributed by atoms with E-state index in [2.05, 4.69) is 52.5 Å². The van der Waals surface area contributed by atoms with Crippen LogP contribution in [0.15, 0.2) is 90.1 Å². The molecule has 4 nitrogen and oxygen atoms in total. The summed E-state index contributed by atoms with van der Waals surface area (Å²) in [7, 11) is 0. The van der Waals surface area contributed by atoms with Crippen molar-refractivity contribution in [3.8, 4) is 0 Å². The Balaban J connectivity index is 1.36. The summed E-state index contributed by atoms with van der Waals surface area (Å²) in [5.41, 5.74) is 6.05. The summed E-state index contributed by atoms with van der Waals surface area (Å²) in [6.45, 7) is 0.740. The van der Waals surface area contributed by atoms with E-state index in [4.69, 9.17) is 16.6 Å². The van der Waals surface area contributed by atoms with Crippen LogP contribution in [0.2, 0.25) is 5.02 Å². The van der Waals surface area contributed by atoms with Crippen molar-refractivity contribution in [3.63, 3.8) is 0 Å². The van der Waals surface area contributed by atoms with E-state index in [0.29, 0.717) is 0 Å². The van der Waals surface area contributed by atoms with E-state index in [1.807, 2.05) is 48.7 Å². The van der Waals surface area contributed by atoms with E-state index in [9.17, 15) is 4.79 Å². The zero-order chi connectivity index (χ0) is 25.2. The molecule has 184 valence electrons. The first-order chi connectivity index (χ1) is 18.2. The number of halogens is 1. The predicted octanol–water partition coefficient (Wildman–Crippen LogP) is 8.29. The number of carbonyl (C=O) groups is 1. The smallest absolute Gasteiger partial charge is 0.259 e. The maximum atomic E-state index is 13.4. The highest BCUT2D eigenvalue weighted by Gasteiger charge is 2.25. The van der Waals surface area contributed by atoms with Crippen molar-refractivity contribution >= 4 is 56.7 Å². The fourth-order valence-electron chi connectivity index (χ4n) is 5.02. The van der Waals surface area contributed by atoms with Gasteiger partial charge in [0.2, 0.25) is 0 Å². The van der Waals surface area contributed by atoms with Crippen LogP contribution in [0, 0.1) is 0 Å². The van der Waals surface area contributed by atoms with Gasteiger partial charge in [0.15, 0.2) is 0 Å². The second-order valence-corrected chi connectivity index (χ2v) is 10.8. The number of nitrogens with zero attached hydrogens (tertiary/aromatic N) is 2. The number of hydrogen-bond donors (Lipinski definition) is 1. The van der Waals surface area contributed by atoms with Gasteiger partial charge in [-0.25, -0.2) is 4.99 Å². The van der Waals surface area contributed by atoms with Crippen LogP contribution in [0.4, 0.5) is 10.7 Å². The lowest BCUT2D eigenvalue weighted by Gasteiger charge is -2.12. The molecule has 37 heavy (non-hydrogen) atoms. The summed E-state index contributed by atoms with van der Waals surface area (Å²) in [4.78, 5) is 19.7. The fraction of sp³-hybridized carbons (Fsp3) is 0.161. The quantitative estimate of drug-likeness (QED) is 0.223. The third-order valence-corrected chi connectivity index (χ3v) is 8.27. The Morgan fingerprint density at radius 2 is 1.73 bits per heavy atom. The summed E-state index contributed by atoms with van der Waals surface area (Å²) in [6, 6.07) is 25.9. The number of fused-ring (bicyclic) bond motifs is 2. The van der Waals surface area contributed by atoms with Gasteiger partial charge in [-0.15, -0.1) is 11.3 Å². The maximum absolute atomic E-state index is 13.4. The van der Waals surface area contributed by atoms with E-state index in [1.165, 1.54) is 16.0 Å². The summed E-state index contributed by atoms with van der Waals surface area (Å²) in [6.07, 6.45) is 8.27. The average molecular weight is 524 g/mol. The molecule has 1 aliphatic rings. The lowest BCUT2D eigenvalue weighted by Crippen LogP contribution is -2.14. The topological polar surface area (TPSA) is 46.4 Å². The first-order valence-corrected chi connectivity index (χ1v) is 13.7. The van der Waals surface area contributed by atoms with Crippen molar-refractivity contribution in [2.45, 2.75) is 32.2 Å². The SMILES string of the molecule is O=C(Nc1ccccc1)c1c(N=Cc2cn(Cc3ccc(Cl)cc3)c3ccccc23)sc2c1CCCC2. The number of nitrogens with one attached hydrogen (secondary N) is 1. The number of rotatable bonds is 6. The van der Waals surface area contributed by atoms with Crippen molar-refractivity contribution in [2.75, 3.05) is 5.32 Å². The number of anilines is 1. The summed E-state index contributed by atoms with van der Waals surface area (Å²) in [5.74, 6) is -0.0806. The highest BCUT2D eigenvalue weighted by molar-refractivity contribution is 7.16. The lowest BCUT2D eigenvalue weighted by atomic mass is 9.95. The molecule has 0 saturated carbocycles. The van der Waals surface area contributed by atoms with Crippen molar-refractivity contribution in [1.82, 2.24) is 4.57 Å². The highest BCUT2D eigenvalue weighted by Crippen LogP contribution is 2.40. The van der Waals surface area contributed by atoms with Gasteiger partial charge in [0.05, 0.1) is 5.56 Å². The summed E-state index contributed by atoms with van der Waals surface area (Å²) >= 11 is 7.74. The minimum Gasteiger partial charge on any atom is -0.342 e. The lowest BCUT2D eigenvalue weighted by molar-refractivity contribution is 0.102. The van der Waals surface area contributed by atoms with Crippen molar-refractivity contribution in [2.24, 2.45) is 4.99 Å². The number of aliphatic imine (C=N–C) groups is 1. The number of hydrogen-bond acceptors (Lipinski definition) is 3. The molecule has 0 atom stereocenters. The molecular weight excluding hydrogens is 498 g/mol. The van der Waals surface area contributed by atoms with Gasteiger partial charge >= 0.3 is 0 Å². The van der Waals surface area contributed by atoms with E-state index in [0.717, 1.165) is 70.0 Å². The average Bonchev–Trinajstić information content (AvgIpc) is 3.47. The molecule has 0 spiro atoms. The largest absolute Gasteiger partial charge is 0.342 e. The molecule has 6 rings (SSSR count). The third kappa shape index (κ3) is 4.97. The fourth-order valence-corrected chi connectivity index (χ4v) is 6.37. The molecule has 0 bridgehead atoms. The van der Waals surface area contributed by atoms with Crippen molar-refractivity contribution in [3.05, 3.63) is 117 Å². The van der Waals surface area contributed by atoms with Crippen LogP contribution < -0.4 is 5.32 Å². The Morgan fingerprint density at radius 3 is 2.57 bits per heavy atom. The van der Waals surface area contributed by atoms with Crippen LogP contribution in [0.1, 0.15) is 44.8 Å². The normalized spacial score (nSPS) is 13.2. The van der Waals surface area contributed by atoms with E-state index in [1.54, 1.807) is 11.3 Å². The first-order valence-electron chi connectivity index (χ1n) is 12.5. The Labute approximate surface area is 225 Å². The number of aromatic nitrogens is 1. The van der Waals surface area contributed by atoms with Gasteiger partial charge in [-0.05, 0) is 67.1 Å². The van der Waals surface area contributed by atoms with E-state index < -0.39 is 0 Å². The molecule has 2 aromatic heterocycles. The molecular formula is C31H26ClN3OS. The van der Waals surface area contributed by atoms with Crippen LogP contribution in [-0.2, 0) is 19.4 Å². The third-order valence-electron chi connectivity index (χ3n) is 6.82. The monoisotopic (exact) mass is 523 g/mol. The molecule has 0 radical (unpaired) electrons. The van der Waals surface area contributed by atoms with Crippen molar-refractivity contribution < 1.29 is 4.79 Å². The molecule has 0 aliphatic heterocycles. The molecule has 0 unspecified atom stereocenters. The Kier molecular flexibility index (Phi) is 6.64. The van der Waals surface area contributed by atoms with Gasteiger partial charge in [-0.1, -0.05) is 60.1 Å². The molecule has 5 aromatic rings. The first kappa shape index (κ1) is 23.7. The number of thiophene rings is 1. The summed E-state index contributed by atoms with van der Waals surface area (Å²) in [5, 5.41) is 5.74. The number of benzene rings is 3. The van der Waals surface area contributed by atoms with Gasteiger partial charge in [-0.3, -0.25) is 4.79 Å². The van der Waals surface area contributed by atoms with Crippen molar-refractivity contribution in [1.29, 1.82) is 0 Å². The van der Waals surface area contributed by atoms with Gasteiger partial charge in [0.25, 0.3) is 5.91 Å². The second kappa shape index (κ2) is 10.4. The van der Waals surface area contributed by atoms with Gasteiger partial charge in [0.1, 0.15) is 5.00 Å². The number of para-hydroxylation sites is 2. The predicted molar refractivity (Wildman–Crippen MR) is 155 cm³/mol. The van der Waals surface area contributed by atoms with Crippen LogP contribution in [0.5, 0.6) is 0 Å². The van der Waals surface area contributed by atoms with Gasteiger partial charge in [-0.2, -0.15) is 0 Å². The molecule has 0 saturated heterocycles. The second-order valence-electron chi connectivity index (χ2n) is 9.33. The minimum absolute atomic E-state index is 0.0806. The maximum Gasteiger partial charge on any atom is 0.259 e. The van der Waals surface area contributed by atoms with Crippen LogP contribution in [-0.4, -0.2) is 16.7 Å². The molecule has 1 aliphatic carbocycles. The molecule has 1 amide bonds. The molecule has 1 N–H and O–H groups in total. The van der Waals surface area contributed by atoms with E-state index in [-0.39, 0.29) is 5.91 Å². The zero-order valence-corrected chi connectivity index (χ0v) is 21.9. The van der Waals surface area contributed by atoms with Crippen LogP contribution in [0.25, 0.3) is 10.9 Å². The highest BCUT2D eigenvalue weighted by atomic mass is 35.5. The number of amides is 1. The van der Waals surface area contributed by atoms with Gasteiger partial charge in [0, 0.05) is 51.0 Å². The Bertz CT molecular complexity index is 1600.